The number of hydrogen-bond acceptors (Lipinski definition) is 5. The minimum absolute atomic E-state index is 0.0278. The highest BCUT2D eigenvalue weighted by atomic mass is 16.1. The molecule has 0 radical (unpaired) electrons. The first-order chi connectivity index (χ1) is 11.2. The van der Waals surface area contributed by atoms with Gasteiger partial charge in [-0.05, 0) is 31.0 Å². The van der Waals surface area contributed by atoms with Gasteiger partial charge in [0.1, 0.15) is 0 Å². The lowest BCUT2D eigenvalue weighted by Gasteiger charge is -2.23. The summed E-state index contributed by atoms with van der Waals surface area (Å²) in [6, 6.07) is 4.43. The minimum Gasteiger partial charge on any atom is -0.352 e. The topological polar surface area (TPSA) is 71.0 Å². The maximum absolute atomic E-state index is 11.0. The van der Waals surface area contributed by atoms with E-state index in [9.17, 15) is 4.79 Å². The first kappa shape index (κ1) is 15.6. The van der Waals surface area contributed by atoms with Crippen LogP contribution in [0.5, 0.6) is 0 Å². The Morgan fingerprint density at radius 1 is 1.30 bits per heavy atom. The molecule has 1 aliphatic rings. The van der Waals surface area contributed by atoms with Gasteiger partial charge in [0.05, 0.1) is 17.4 Å². The molecule has 0 aromatic carbocycles. The van der Waals surface area contributed by atoms with Crippen molar-refractivity contribution in [2.45, 2.75) is 38.9 Å². The van der Waals surface area contributed by atoms with E-state index in [1.807, 2.05) is 18.5 Å². The molecule has 0 spiro atoms. The Balaban J connectivity index is 1.66. The van der Waals surface area contributed by atoms with Crippen LogP contribution in [-0.4, -0.2) is 32.3 Å². The predicted molar refractivity (Wildman–Crippen MR) is 86.2 cm³/mol. The molecule has 1 saturated heterocycles. The molecule has 1 unspecified atom stereocenters. The summed E-state index contributed by atoms with van der Waals surface area (Å²) >= 11 is 0. The van der Waals surface area contributed by atoms with Crippen LogP contribution < -0.4 is 5.32 Å². The summed E-state index contributed by atoms with van der Waals surface area (Å²) in [4.78, 5) is 26.5. The lowest BCUT2D eigenvalue weighted by Crippen LogP contribution is -2.24. The zero-order valence-electron chi connectivity index (χ0n) is 13.3. The van der Waals surface area contributed by atoms with Crippen molar-refractivity contribution >= 4 is 5.91 Å². The third kappa shape index (κ3) is 4.10. The van der Waals surface area contributed by atoms with Crippen LogP contribution in [0.4, 0.5) is 0 Å². The number of nitrogens with one attached hydrogen (secondary N) is 1. The average molecular weight is 311 g/mol. The lowest BCUT2D eigenvalue weighted by molar-refractivity contribution is -0.119. The molecule has 6 heteroatoms. The first-order valence-electron chi connectivity index (χ1n) is 7.90. The second-order valence-electron chi connectivity index (χ2n) is 5.83. The van der Waals surface area contributed by atoms with E-state index < -0.39 is 0 Å². The van der Waals surface area contributed by atoms with Crippen LogP contribution in [0.25, 0.3) is 0 Å². The van der Waals surface area contributed by atoms with Crippen molar-refractivity contribution < 1.29 is 4.79 Å². The molecule has 1 atom stereocenters. The van der Waals surface area contributed by atoms with Gasteiger partial charge in [-0.1, -0.05) is 6.07 Å². The highest BCUT2D eigenvalue weighted by Crippen LogP contribution is 2.31. The number of carbonyl (C=O) groups excluding carboxylic acids is 1. The van der Waals surface area contributed by atoms with E-state index in [1.165, 1.54) is 13.3 Å². The number of carbonyl (C=O) groups is 1. The van der Waals surface area contributed by atoms with Crippen molar-refractivity contribution in [1.82, 2.24) is 25.2 Å². The summed E-state index contributed by atoms with van der Waals surface area (Å²) in [7, 11) is 0. The number of hydrogen-bond donors (Lipinski definition) is 1. The molecule has 3 heterocycles. The van der Waals surface area contributed by atoms with Crippen LogP contribution in [0.3, 0.4) is 0 Å². The van der Waals surface area contributed by atoms with Crippen molar-refractivity contribution in [2.24, 2.45) is 0 Å². The fourth-order valence-electron chi connectivity index (χ4n) is 2.93. The summed E-state index contributed by atoms with van der Waals surface area (Å²) in [5.74, 6) is -0.0278. The maximum atomic E-state index is 11.0. The van der Waals surface area contributed by atoms with E-state index in [4.69, 9.17) is 0 Å². The van der Waals surface area contributed by atoms with Crippen molar-refractivity contribution in [3.63, 3.8) is 0 Å². The van der Waals surface area contributed by atoms with Crippen molar-refractivity contribution in [3.05, 3.63) is 53.9 Å². The second kappa shape index (κ2) is 7.28. The third-order valence-corrected chi connectivity index (χ3v) is 4.08. The Labute approximate surface area is 136 Å². The monoisotopic (exact) mass is 311 g/mol. The third-order valence-electron chi connectivity index (χ3n) is 4.08. The van der Waals surface area contributed by atoms with E-state index in [0.29, 0.717) is 12.6 Å². The quantitative estimate of drug-likeness (QED) is 0.912. The van der Waals surface area contributed by atoms with Gasteiger partial charge < -0.3 is 5.32 Å². The first-order valence-corrected chi connectivity index (χ1v) is 7.90. The van der Waals surface area contributed by atoms with E-state index in [2.05, 4.69) is 31.2 Å². The Hall–Kier alpha value is -2.34. The molecule has 120 valence electrons. The van der Waals surface area contributed by atoms with Gasteiger partial charge in [-0.2, -0.15) is 0 Å². The minimum atomic E-state index is -0.0278. The van der Waals surface area contributed by atoms with E-state index in [1.54, 1.807) is 12.4 Å². The van der Waals surface area contributed by atoms with Crippen LogP contribution >= 0.6 is 0 Å². The molecule has 3 rings (SSSR count). The molecular weight excluding hydrogens is 290 g/mol. The van der Waals surface area contributed by atoms with Crippen LogP contribution in [0, 0.1) is 0 Å². The number of rotatable bonds is 5. The fraction of sp³-hybridized carbons (Fsp3) is 0.412. The summed E-state index contributed by atoms with van der Waals surface area (Å²) < 4.78 is 0. The van der Waals surface area contributed by atoms with Gasteiger partial charge >= 0.3 is 0 Å². The highest BCUT2D eigenvalue weighted by molar-refractivity contribution is 5.72. The Morgan fingerprint density at radius 3 is 2.91 bits per heavy atom. The van der Waals surface area contributed by atoms with Crippen molar-refractivity contribution in [1.29, 1.82) is 0 Å². The Morgan fingerprint density at radius 2 is 2.22 bits per heavy atom. The zero-order chi connectivity index (χ0) is 16.1. The molecule has 2 aromatic rings. The molecule has 1 amide bonds. The van der Waals surface area contributed by atoms with Gasteiger partial charge in [0.25, 0.3) is 0 Å². The van der Waals surface area contributed by atoms with Crippen LogP contribution in [-0.2, 0) is 17.9 Å². The van der Waals surface area contributed by atoms with Gasteiger partial charge in [-0.3, -0.25) is 24.6 Å². The fourth-order valence-corrected chi connectivity index (χ4v) is 2.93. The molecule has 0 saturated carbocycles. The standard InChI is InChI=1S/C17H21N5O/c1-13(23)20-9-14-4-5-16(21-10-14)17-3-2-8-22(17)12-15-11-18-6-7-19-15/h4-7,10-11,17H,2-3,8-9,12H2,1H3,(H,20,23). The number of amides is 1. The molecule has 2 aromatic heterocycles. The van der Waals surface area contributed by atoms with Crippen LogP contribution in [0.1, 0.15) is 42.8 Å². The summed E-state index contributed by atoms with van der Waals surface area (Å²) in [6.45, 7) is 3.89. The lowest BCUT2D eigenvalue weighted by atomic mass is 10.1. The smallest absolute Gasteiger partial charge is 0.217 e. The van der Waals surface area contributed by atoms with Crippen LogP contribution in [0.2, 0.25) is 0 Å². The largest absolute Gasteiger partial charge is 0.352 e. The Kier molecular flexibility index (Phi) is 4.92. The van der Waals surface area contributed by atoms with E-state index in [-0.39, 0.29) is 5.91 Å². The molecule has 0 bridgehead atoms. The summed E-state index contributed by atoms with van der Waals surface area (Å²) in [5, 5.41) is 2.79. The maximum Gasteiger partial charge on any atom is 0.217 e. The number of likely N-dealkylation sites (tertiary alicyclic amines) is 1. The molecule has 1 fully saturated rings. The highest BCUT2D eigenvalue weighted by Gasteiger charge is 2.27. The van der Waals surface area contributed by atoms with Gasteiger partial charge in [-0.25, -0.2) is 0 Å². The summed E-state index contributed by atoms with van der Waals surface area (Å²) in [6.07, 6.45) is 9.37. The predicted octanol–water partition coefficient (Wildman–Crippen LogP) is 1.84. The molecule has 1 aliphatic heterocycles. The van der Waals surface area contributed by atoms with Gasteiger partial charge in [0.15, 0.2) is 0 Å². The number of pyridine rings is 1. The normalized spacial score (nSPS) is 18.0. The van der Waals surface area contributed by atoms with Crippen molar-refractivity contribution in [2.75, 3.05) is 6.54 Å². The van der Waals surface area contributed by atoms with E-state index in [0.717, 1.165) is 36.5 Å². The van der Waals surface area contributed by atoms with E-state index >= 15 is 0 Å². The number of aromatic nitrogens is 3. The molecule has 0 aliphatic carbocycles. The molecular formula is C17H21N5O. The molecule has 6 nitrogen and oxygen atoms in total. The summed E-state index contributed by atoms with van der Waals surface area (Å²) in [5.41, 5.74) is 3.09. The molecule has 1 N–H and O–H groups in total. The van der Waals surface area contributed by atoms with Crippen molar-refractivity contribution in [3.8, 4) is 0 Å². The second-order valence-corrected chi connectivity index (χ2v) is 5.83. The average Bonchev–Trinajstić information content (AvgIpc) is 3.02. The van der Waals surface area contributed by atoms with Gasteiger partial charge in [-0.15, -0.1) is 0 Å². The Bertz CT molecular complexity index is 644. The van der Waals surface area contributed by atoms with Gasteiger partial charge in [0, 0.05) is 44.8 Å². The number of nitrogens with zero attached hydrogens (tertiary/aromatic N) is 4. The molecule has 23 heavy (non-hydrogen) atoms. The van der Waals surface area contributed by atoms with Gasteiger partial charge in [0.2, 0.25) is 5.91 Å². The van der Waals surface area contributed by atoms with Crippen LogP contribution in [0.15, 0.2) is 36.9 Å². The zero-order valence-corrected chi connectivity index (χ0v) is 13.3. The SMILES string of the molecule is CC(=O)NCc1ccc(C2CCCN2Cc2cnccn2)nc1.